The van der Waals surface area contributed by atoms with Crippen LogP contribution in [0.15, 0.2) is 6.07 Å². The zero-order chi connectivity index (χ0) is 11.6. The molecule has 1 aromatic rings. The third-order valence-corrected chi connectivity index (χ3v) is 2.07. The molecule has 0 saturated heterocycles. The van der Waals surface area contributed by atoms with E-state index in [0.717, 1.165) is 0 Å². The van der Waals surface area contributed by atoms with E-state index in [1.165, 1.54) is 12.1 Å². The van der Waals surface area contributed by atoms with E-state index in [9.17, 15) is 13.2 Å². The third kappa shape index (κ3) is 3.12. The molecule has 0 amide bonds. The molecular weight excluding hydrogens is 326 g/mol. The normalized spacial score (nSPS) is 10.9. The molecule has 1 aromatic heterocycles. The number of hydrogen-bond donors (Lipinski definition) is 1. The van der Waals surface area contributed by atoms with Gasteiger partial charge in [-0.1, -0.05) is 0 Å². The Hall–Kier alpha value is -1.24. The number of nitrogens with two attached hydrogens (primary N) is 1. The minimum absolute atomic E-state index is 0.0366. The van der Waals surface area contributed by atoms with Crippen LogP contribution in [0.3, 0.4) is 0 Å². The largest absolute Gasteiger partial charge is 0.573 e. The Morgan fingerprint density at radius 3 is 2.60 bits per heavy atom. The second-order valence-electron chi connectivity index (χ2n) is 2.37. The predicted molar refractivity (Wildman–Crippen MR) is 52.8 cm³/mol. The Bertz CT molecular complexity index is 427. The van der Waals surface area contributed by atoms with Crippen molar-refractivity contribution in [2.45, 2.75) is 6.36 Å². The number of rotatable bonds is 1. The summed E-state index contributed by atoms with van der Waals surface area (Å²) in [6.07, 6.45) is -4.86. The topological polar surface area (TPSA) is 71.9 Å². The average molecular weight is 329 g/mol. The maximum Gasteiger partial charge on any atom is 0.573 e. The second kappa shape index (κ2) is 4.09. The van der Waals surface area contributed by atoms with Gasteiger partial charge in [0.15, 0.2) is 11.4 Å². The molecule has 0 unspecified atom stereocenters. The first-order valence-electron chi connectivity index (χ1n) is 3.45. The van der Waals surface area contributed by atoms with E-state index in [1.54, 1.807) is 22.6 Å². The Morgan fingerprint density at radius 2 is 2.13 bits per heavy atom. The van der Waals surface area contributed by atoms with E-state index >= 15 is 0 Å². The van der Waals surface area contributed by atoms with Crippen LogP contribution in [0, 0.1) is 14.9 Å². The summed E-state index contributed by atoms with van der Waals surface area (Å²) in [7, 11) is 0. The molecule has 0 radical (unpaired) electrons. The van der Waals surface area contributed by atoms with Crippen molar-refractivity contribution in [2.75, 3.05) is 5.73 Å². The standard InChI is InChI=1S/C7H3F3IN3O/c8-7(9,10)15-6-3(11)1-5(13)14-4(6)2-12/h1H,(H2,13,14). The lowest BCUT2D eigenvalue weighted by molar-refractivity contribution is -0.275. The molecule has 0 aliphatic heterocycles. The molecule has 8 heteroatoms. The van der Waals surface area contributed by atoms with Crippen LogP contribution >= 0.6 is 22.6 Å². The van der Waals surface area contributed by atoms with Crippen molar-refractivity contribution in [3.8, 4) is 11.8 Å². The summed E-state index contributed by atoms with van der Waals surface area (Å²) >= 11 is 1.58. The summed E-state index contributed by atoms with van der Waals surface area (Å²) in [4.78, 5) is 3.42. The van der Waals surface area contributed by atoms with E-state index in [2.05, 4.69) is 9.72 Å². The Kier molecular flexibility index (Phi) is 3.23. The molecule has 0 saturated carbocycles. The van der Waals surface area contributed by atoms with Crippen molar-refractivity contribution < 1.29 is 17.9 Å². The Balaban J connectivity index is 3.23. The van der Waals surface area contributed by atoms with E-state index in [4.69, 9.17) is 11.0 Å². The van der Waals surface area contributed by atoms with Crippen LogP contribution in [0.4, 0.5) is 19.0 Å². The Labute approximate surface area is 96.0 Å². The van der Waals surface area contributed by atoms with E-state index < -0.39 is 17.8 Å². The maximum atomic E-state index is 11.9. The molecule has 0 spiro atoms. The van der Waals surface area contributed by atoms with E-state index in [-0.39, 0.29) is 9.39 Å². The molecule has 0 fully saturated rings. The predicted octanol–water partition coefficient (Wildman–Crippen LogP) is 2.04. The van der Waals surface area contributed by atoms with Gasteiger partial charge in [0.1, 0.15) is 11.9 Å². The highest BCUT2D eigenvalue weighted by Gasteiger charge is 2.33. The van der Waals surface area contributed by atoms with Crippen molar-refractivity contribution in [3.63, 3.8) is 0 Å². The van der Waals surface area contributed by atoms with Gasteiger partial charge in [-0.05, 0) is 28.7 Å². The van der Waals surface area contributed by atoms with Crippen LogP contribution in [0.25, 0.3) is 0 Å². The van der Waals surface area contributed by atoms with Gasteiger partial charge < -0.3 is 10.5 Å². The van der Waals surface area contributed by atoms with Crippen molar-refractivity contribution in [2.24, 2.45) is 0 Å². The first-order valence-corrected chi connectivity index (χ1v) is 4.53. The van der Waals surface area contributed by atoms with Crippen molar-refractivity contribution in [1.82, 2.24) is 4.98 Å². The fourth-order valence-electron chi connectivity index (χ4n) is 0.809. The number of ether oxygens (including phenoxy) is 1. The van der Waals surface area contributed by atoms with Gasteiger partial charge in [0.2, 0.25) is 0 Å². The van der Waals surface area contributed by atoms with Crippen LogP contribution in [0.2, 0.25) is 0 Å². The van der Waals surface area contributed by atoms with Crippen LogP contribution < -0.4 is 10.5 Å². The molecule has 0 aromatic carbocycles. The number of nitrogens with zero attached hydrogens (tertiary/aromatic N) is 2. The molecule has 0 atom stereocenters. The molecule has 2 N–H and O–H groups in total. The molecule has 80 valence electrons. The summed E-state index contributed by atoms with van der Waals surface area (Å²) in [5.74, 6) is -0.662. The number of hydrogen-bond acceptors (Lipinski definition) is 4. The van der Waals surface area contributed by atoms with Gasteiger partial charge >= 0.3 is 6.36 Å². The van der Waals surface area contributed by atoms with Crippen LogP contribution in [-0.4, -0.2) is 11.3 Å². The van der Waals surface area contributed by atoms with Gasteiger partial charge in [0.05, 0.1) is 3.57 Å². The van der Waals surface area contributed by atoms with Crippen molar-refractivity contribution in [1.29, 1.82) is 5.26 Å². The van der Waals surface area contributed by atoms with Crippen molar-refractivity contribution >= 4 is 28.4 Å². The van der Waals surface area contributed by atoms with Gasteiger partial charge in [0.25, 0.3) is 0 Å². The molecule has 4 nitrogen and oxygen atoms in total. The van der Waals surface area contributed by atoms with E-state index in [0.29, 0.717) is 0 Å². The number of nitrogen functional groups attached to an aromatic ring is 1. The van der Waals surface area contributed by atoms with Gasteiger partial charge in [-0.15, -0.1) is 13.2 Å². The molecule has 15 heavy (non-hydrogen) atoms. The fourth-order valence-corrected chi connectivity index (χ4v) is 1.49. The summed E-state index contributed by atoms with van der Waals surface area (Å²) < 4.78 is 39.6. The molecule has 1 rings (SSSR count). The first kappa shape index (κ1) is 11.8. The monoisotopic (exact) mass is 329 g/mol. The lowest BCUT2D eigenvalue weighted by atomic mass is 10.3. The van der Waals surface area contributed by atoms with Gasteiger partial charge in [-0.2, -0.15) is 5.26 Å². The zero-order valence-corrected chi connectivity index (χ0v) is 9.13. The number of pyridine rings is 1. The highest BCUT2D eigenvalue weighted by molar-refractivity contribution is 14.1. The number of anilines is 1. The molecule has 0 aliphatic rings. The van der Waals surface area contributed by atoms with Crippen LogP contribution in [0.5, 0.6) is 5.75 Å². The highest BCUT2D eigenvalue weighted by atomic mass is 127. The number of nitriles is 1. The highest BCUT2D eigenvalue weighted by Crippen LogP contribution is 2.30. The number of alkyl halides is 3. The molecular formula is C7H3F3IN3O. The van der Waals surface area contributed by atoms with Crippen LogP contribution in [-0.2, 0) is 0 Å². The minimum Gasteiger partial charge on any atom is -0.402 e. The van der Waals surface area contributed by atoms with E-state index in [1.807, 2.05) is 0 Å². The van der Waals surface area contributed by atoms with Crippen molar-refractivity contribution in [3.05, 3.63) is 15.3 Å². The minimum atomic E-state index is -4.86. The molecule has 1 heterocycles. The fraction of sp³-hybridized carbons (Fsp3) is 0.143. The number of aromatic nitrogens is 1. The SMILES string of the molecule is N#Cc1nc(N)cc(I)c1OC(F)(F)F. The maximum absolute atomic E-state index is 11.9. The first-order chi connectivity index (χ1) is 6.83. The summed E-state index contributed by atoms with van der Waals surface area (Å²) in [6.45, 7) is 0. The summed E-state index contributed by atoms with van der Waals surface area (Å²) in [5, 5.41) is 8.55. The van der Waals surface area contributed by atoms with Crippen LogP contribution in [0.1, 0.15) is 5.69 Å². The smallest absolute Gasteiger partial charge is 0.402 e. The molecule has 0 aliphatic carbocycles. The number of halogens is 4. The van der Waals surface area contributed by atoms with Gasteiger partial charge in [-0.25, -0.2) is 4.98 Å². The lowest BCUT2D eigenvalue weighted by Crippen LogP contribution is -2.19. The quantitative estimate of drug-likeness (QED) is 0.801. The van der Waals surface area contributed by atoms with Gasteiger partial charge in [-0.3, -0.25) is 0 Å². The Morgan fingerprint density at radius 1 is 1.53 bits per heavy atom. The molecule has 0 bridgehead atoms. The average Bonchev–Trinajstić information content (AvgIpc) is 2.07. The second-order valence-corrected chi connectivity index (χ2v) is 3.53. The van der Waals surface area contributed by atoms with Gasteiger partial charge in [0, 0.05) is 0 Å². The lowest BCUT2D eigenvalue weighted by Gasteiger charge is -2.11. The third-order valence-electron chi connectivity index (χ3n) is 1.27. The zero-order valence-electron chi connectivity index (χ0n) is 6.97. The summed E-state index contributed by atoms with van der Waals surface area (Å²) in [5.41, 5.74) is 4.77. The summed E-state index contributed by atoms with van der Waals surface area (Å²) in [6, 6.07) is 2.66.